The first kappa shape index (κ1) is 17.9. The maximum absolute atomic E-state index is 12.2. The first-order chi connectivity index (χ1) is 12.8. The van der Waals surface area contributed by atoms with Gasteiger partial charge in [0, 0.05) is 38.9 Å². The normalized spacial score (nSPS) is 14.2. The van der Waals surface area contributed by atoms with Crippen molar-refractivity contribution in [2.24, 2.45) is 0 Å². The Morgan fingerprint density at radius 2 is 1.85 bits per heavy atom. The number of amides is 2. The molecule has 0 unspecified atom stereocenters. The molecule has 136 valence electrons. The van der Waals surface area contributed by atoms with Crippen LogP contribution in [0.3, 0.4) is 0 Å². The number of pyridine rings is 1. The van der Waals surface area contributed by atoms with Crippen molar-refractivity contribution in [3.8, 4) is 0 Å². The Morgan fingerprint density at radius 1 is 1.08 bits per heavy atom. The molecule has 0 saturated carbocycles. The number of piperazine rings is 1. The van der Waals surface area contributed by atoms with Crippen molar-refractivity contribution in [2.45, 2.75) is 12.8 Å². The highest BCUT2D eigenvalue weighted by Crippen LogP contribution is 2.13. The minimum atomic E-state index is -0.0946. The molecule has 0 bridgehead atoms. The van der Waals surface area contributed by atoms with Crippen LogP contribution in [0.5, 0.6) is 0 Å². The van der Waals surface area contributed by atoms with Crippen LogP contribution in [0, 0.1) is 0 Å². The standard InChI is InChI=1S/C20H24N4O2/c25-16-23-11-13-24(14-12-23)19-9-8-18(15-22-19)20(26)21-10-4-7-17-5-2-1-3-6-17/h1-3,5-6,8-9,15-16H,4,7,10-14H2,(H,21,26). The van der Waals surface area contributed by atoms with Crippen molar-refractivity contribution in [2.75, 3.05) is 37.6 Å². The smallest absolute Gasteiger partial charge is 0.252 e. The van der Waals surface area contributed by atoms with Gasteiger partial charge in [0.2, 0.25) is 6.41 Å². The maximum Gasteiger partial charge on any atom is 0.252 e. The number of aromatic nitrogens is 1. The average molecular weight is 352 g/mol. The summed E-state index contributed by atoms with van der Waals surface area (Å²) in [5.41, 5.74) is 1.85. The molecule has 2 aromatic rings. The van der Waals surface area contributed by atoms with Gasteiger partial charge in [0.1, 0.15) is 5.82 Å². The molecule has 1 fully saturated rings. The van der Waals surface area contributed by atoms with E-state index in [0.29, 0.717) is 25.2 Å². The molecule has 1 aliphatic heterocycles. The molecule has 2 amide bonds. The summed E-state index contributed by atoms with van der Waals surface area (Å²) in [5, 5.41) is 2.94. The molecule has 0 radical (unpaired) electrons. The van der Waals surface area contributed by atoms with Crippen LogP contribution in [0.4, 0.5) is 5.82 Å². The fourth-order valence-electron chi connectivity index (χ4n) is 3.01. The molecule has 26 heavy (non-hydrogen) atoms. The van der Waals surface area contributed by atoms with Gasteiger partial charge in [-0.2, -0.15) is 0 Å². The largest absolute Gasteiger partial charge is 0.353 e. The van der Waals surface area contributed by atoms with Gasteiger partial charge in [-0.3, -0.25) is 9.59 Å². The van der Waals surface area contributed by atoms with E-state index in [4.69, 9.17) is 0 Å². The predicted octanol–water partition coefficient (Wildman–Crippen LogP) is 1.72. The Balaban J connectivity index is 1.44. The zero-order valence-corrected chi connectivity index (χ0v) is 14.8. The quantitative estimate of drug-likeness (QED) is 0.609. The molecule has 6 nitrogen and oxygen atoms in total. The molecular weight excluding hydrogens is 328 g/mol. The lowest BCUT2D eigenvalue weighted by Gasteiger charge is -2.33. The van der Waals surface area contributed by atoms with E-state index in [1.165, 1.54) is 5.56 Å². The van der Waals surface area contributed by atoms with E-state index in [1.807, 2.05) is 24.3 Å². The van der Waals surface area contributed by atoms with Crippen LogP contribution in [0.15, 0.2) is 48.7 Å². The highest BCUT2D eigenvalue weighted by Gasteiger charge is 2.17. The van der Waals surface area contributed by atoms with Crippen molar-refractivity contribution < 1.29 is 9.59 Å². The Hall–Kier alpha value is -2.89. The fourth-order valence-corrected chi connectivity index (χ4v) is 3.01. The van der Waals surface area contributed by atoms with E-state index >= 15 is 0 Å². The summed E-state index contributed by atoms with van der Waals surface area (Å²) < 4.78 is 0. The summed E-state index contributed by atoms with van der Waals surface area (Å²) in [7, 11) is 0. The van der Waals surface area contributed by atoms with Crippen LogP contribution in [-0.2, 0) is 11.2 Å². The van der Waals surface area contributed by atoms with Crippen LogP contribution < -0.4 is 10.2 Å². The van der Waals surface area contributed by atoms with Crippen molar-refractivity contribution in [1.82, 2.24) is 15.2 Å². The van der Waals surface area contributed by atoms with Crippen LogP contribution >= 0.6 is 0 Å². The molecule has 1 aliphatic rings. The van der Waals surface area contributed by atoms with E-state index in [0.717, 1.165) is 38.2 Å². The highest BCUT2D eigenvalue weighted by atomic mass is 16.1. The van der Waals surface area contributed by atoms with Gasteiger partial charge < -0.3 is 15.1 Å². The SMILES string of the molecule is O=CN1CCN(c2ccc(C(=O)NCCCc3ccccc3)cn2)CC1. The molecule has 2 heterocycles. The summed E-state index contributed by atoms with van der Waals surface area (Å²) >= 11 is 0. The molecule has 1 saturated heterocycles. The second-order valence-corrected chi connectivity index (χ2v) is 6.38. The highest BCUT2D eigenvalue weighted by molar-refractivity contribution is 5.94. The fraction of sp³-hybridized carbons (Fsp3) is 0.350. The van der Waals surface area contributed by atoms with Crippen LogP contribution in [0.25, 0.3) is 0 Å². The zero-order valence-electron chi connectivity index (χ0n) is 14.8. The number of rotatable bonds is 7. The van der Waals surface area contributed by atoms with Crippen LogP contribution in [0.1, 0.15) is 22.3 Å². The Morgan fingerprint density at radius 3 is 2.50 bits per heavy atom. The van der Waals surface area contributed by atoms with Gasteiger partial charge in [0.05, 0.1) is 5.56 Å². The van der Waals surface area contributed by atoms with Crippen LogP contribution in [0.2, 0.25) is 0 Å². The Bertz CT molecular complexity index is 710. The number of aryl methyl sites for hydroxylation is 1. The predicted molar refractivity (Wildman–Crippen MR) is 101 cm³/mol. The van der Waals surface area contributed by atoms with Gasteiger partial charge >= 0.3 is 0 Å². The van der Waals surface area contributed by atoms with Gasteiger partial charge in [0.15, 0.2) is 0 Å². The summed E-state index contributed by atoms with van der Waals surface area (Å²) in [5.74, 6) is 0.749. The van der Waals surface area contributed by atoms with E-state index in [9.17, 15) is 9.59 Å². The second-order valence-electron chi connectivity index (χ2n) is 6.38. The monoisotopic (exact) mass is 352 g/mol. The minimum Gasteiger partial charge on any atom is -0.353 e. The van der Waals surface area contributed by atoms with Crippen molar-refractivity contribution >= 4 is 18.1 Å². The number of carbonyl (C=O) groups excluding carboxylic acids is 2. The Labute approximate surface area is 153 Å². The number of anilines is 1. The third kappa shape index (κ3) is 4.81. The zero-order chi connectivity index (χ0) is 18.2. The summed E-state index contributed by atoms with van der Waals surface area (Å²) in [6.45, 7) is 3.57. The maximum atomic E-state index is 12.2. The molecule has 1 aromatic carbocycles. The van der Waals surface area contributed by atoms with Gasteiger partial charge in [-0.15, -0.1) is 0 Å². The number of hydrogen-bond acceptors (Lipinski definition) is 4. The van der Waals surface area contributed by atoms with Crippen LogP contribution in [-0.4, -0.2) is 54.9 Å². The lowest BCUT2D eigenvalue weighted by molar-refractivity contribution is -0.118. The van der Waals surface area contributed by atoms with Gasteiger partial charge in [-0.25, -0.2) is 4.98 Å². The first-order valence-electron chi connectivity index (χ1n) is 8.99. The summed E-state index contributed by atoms with van der Waals surface area (Å²) in [6, 6.07) is 13.9. The molecule has 6 heteroatoms. The summed E-state index contributed by atoms with van der Waals surface area (Å²) in [4.78, 5) is 31.3. The van der Waals surface area contributed by atoms with Gasteiger partial charge in [-0.05, 0) is 30.5 Å². The van der Waals surface area contributed by atoms with Crippen molar-refractivity contribution in [3.05, 3.63) is 59.8 Å². The topological polar surface area (TPSA) is 65.5 Å². The van der Waals surface area contributed by atoms with E-state index in [-0.39, 0.29) is 5.91 Å². The van der Waals surface area contributed by atoms with Gasteiger partial charge in [-0.1, -0.05) is 30.3 Å². The average Bonchev–Trinajstić information content (AvgIpc) is 2.72. The first-order valence-corrected chi connectivity index (χ1v) is 8.99. The third-order valence-electron chi connectivity index (χ3n) is 4.57. The summed E-state index contributed by atoms with van der Waals surface area (Å²) in [6.07, 6.45) is 4.36. The van der Waals surface area contributed by atoms with E-state index < -0.39 is 0 Å². The lowest BCUT2D eigenvalue weighted by Crippen LogP contribution is -2.46. The number of benzene rings is 1. The molecule has 0 spiro atoms. The molecule has 1 aromatic heterocycles. The van der Waals surface area contributed by atoms with Gasteiger partial charge in [0.25, 0.3) is 5.91 Å². The number of nitrogens with zero attached hydrogens (tertiary/aromatic N) is 3. The number of carbonyl (C=O) groups is 2. The molecule has 0 aliphatic carbocycles. The Kier molecular flexibility index (Phi) is 6.19. The molecular formula is C20H24N4O2. The molecule has 3 rings (SSSR count). The number of nitrogens with one attached hydrogen (secondary N) is 1. The lowest BCUT2D eigenvalue weighted by atomic mass is 10.1. The molecule has 1 N–H and O–H groups in total. The third-order valence-corrected chi connectivity index (χ3v) is 4.57. The van der Waals surface area contributed by atoms with E-state index in [1.54, 1.807) is 17.2 Å². The van der Waals surface area contributed by atoms with E-state index in [2.05, 4.69) is 27.3 Å². The van der Waals surface area contributed by atoms with Crippen molar-refractivity contribution in [1.29, 1.82) is 0 Å². The number of hydrogen-bond donors (Lipinski definition) is 1. The van der Waals surface area contributed by atoms with Crippen molar-refractivity contribution in [3.63, 3.8) is 0 Å². The minimum absolute atomic E-state index is 0.0946. The second kappa shape index (κ2) is 8.99. The molecule has 0 atom stereocenters.